The van der Waals surface area contributed by atoms with Crippen molar-refractivity contribution in [3.05, 3.63) is 65.8 Å². The monoisotopic (exact) mass is 545 g/mol. The molecular weight excluding hydrogens is 510 g/mol. The fourth-order valence-electron chi connectivity index (χ4n) is 5.59. The van der Waals surface area contributed by atoms with Gasteiger partial charge in [0.15, 0.2) is 0 Å². The average Bonchev–Trinajstić information content (AvgIpc) is 2.98. The zero-order valence-electron chi connectivity index (χ0n) is 22.5. The van der Waals surface area contributed by atoms with Crippen LogP contribution in [0.1, 0.15) is 45.4 Å². The molecule has 0 bridgehead atoms. The maximum atomic E-state index is 12.8. The van der Waals surface area contributed by atoms with Crippen LogP contribution in [0.3, 0.4) is 0 Å². The molecule has 5 rings (SSSR count). The van der Waals surface area contributed by atoms with E-state index in [4.69, 9.17) is 16.6 Å². The van der Waals surface area contributed by atoms with Gasteiger partial charge >= 0.3 is 0 Å². The maximum absolute atomic E-state index is 12.8. The van der Waals surface area contributed by atoms with Gasteiger partial charge in [-0.05, 0) is 55.2 Å². The number of nitrogens with one attached hydrogen (secondary N) is 1. The van der Waals surface area contributed by atoms with Crippen LogP contribution >= 0.6 is 11.6 Å². The first-order valence-electron chi connectivity index (χ1n) is 13.9. The van der Waals surface area contributed by atoms with Gasteiger partial charge in [-0.25, -0.2) is 9.97 Å². The molecule has 2 aromatic carbocycles. The van der Waals surface area contributed by atoms with E-state index in [0.29, 0.717) is 29.0 Å². The third-order valence-corrected chi connectivity index (χ3v) is 8.27. The highest BCUT2D eigenvalue weighted by atomic mass is 35.5. The Morgan fingerprint density at radius 2 is 1.56 bits per heavy atom. The van der Waals surface area contributed by atoms with E-state index in [2.05, 4.69) is 34.6 Å². The second-order valence-electron chi connectivity index (χ2n) is 10.6. The van der Waals surface area contributed by atoms with Gasteiger partial charge in [-0.15, -0.1) is 0 Å². The van der Waals surface area contributed by atoms with Crippen LogP contribution in [0.25, 0.3) is 22.4 Å². The Kier molecular flexibility index (Phi) is 8.77. The Morgan fingerprint density at radius 3 is 2.28 bits per heavy atom. The summed E-state index contributed by atoms with van der Waals surface area (Å²) in [6.07, 6.45) is 6.86. The first kappa shape index (κ1) is 27.1. The van der Waals surface area contributed by atoms with Crippen molar-refractivity contribution < 1.29 is 9.59 Å². The molecule has 2 aliphatic rings. The molecular formula is C31H36ClN5O2. The van der Waals surface area contributed by atoms with Crippen LogP contribution in [0, 0.1) is 5.92 Å². The summed E-state index contributed by atoms with van der Waals surface area (Å²) in [5, 5.41) is 3.98. The molecule has 2 amide bonds. The Morgan fingerprint density at radius 1 is 0.897 bits per heavy atom. The van der Waals surface area contributed by atoms with Crippen molar-refractivity contribution in [2.24, 2.45) is 5.92 Å². The van der Waals surface area contributed by atoms with Crippen LogP contribution in [-0.2, 0) is 9.59 Å². The van der Waals surface area contributed by atoms with Crippen molar-refractivity contribution in [3.8, 4) is 22.4 Å². The number of rotatable bonds is 7. The van der Waals surface area contributed by atoms with E-state index in [1.54, 1.807) is 13.1 Å². The highest BCUT2D eigenvalue weighted by molar-refractivity contribution is 6.32. The lowest BCUT2D eigenvalue weighted by Crippen LogP contribution is -2.43. The molecule has 1 aromatic heterocycles. The fourth-order valence-corrected chi connectivity index (χ4v) is 5.79. The molecule has 0 saturated carbocycles. The summed E-state index contributed by atoms with van der Waals surface area (Å²) < 4.78 is 0. The molecule has 0 unspecified atom stereocenters. The highest BCUT2D eigenvalue weighted by Crippen LogP contribution is 2.30. The van der Waals surface area contributed by atoms with Crippen LogP contribution in [0.4, 0.5) is 5.95 Å². The Balaban J connectivity index is 1.13. The van der Waals surface area contributed by atoms with Gasteiger partial charge in [0.1, 0.15) is 0 Å². The number of hydrogen-bond acceptors (Lipinski definition) is 5. The number of nitrogens with zero attached hydrogens (tertiary/aromatic N) is 4. The van der Waals surface area contributed by atoms with Crippen molar-refractivity contribution >= 4 is 29.4 Å². The lowest BCUT2D eigenvalue weighted by Gasteiger charge is -2.34. The smallest absolute Gasteiger partial charge is 0.223 e. The van der Waals surface area contributed by atoms with Gasteiger partial charge in [0.05, 0.1) is 16.9 Å². The van der Waals surface area contributed by atoms with E-state index in [1.807, 2.05) is 40.1 Å². The summed E-state index contributed by atoms with van der Waals surface area (Å²) in [6.45, 7) is 4.74. The highest BCUT2D eigenvalue weighted by Gasteiger charge is 2.26. The van der Waals surface area contributed by atoms with Gasteiger partial charge in [-0.3, -0.25) is 9.59 Å². The van der Waals surface area contributed by atoms with Gasteiger partial charge in [-0.1, -0.05) is 60.1 Å². The van der Waals surface area contributed by atoms with E-state index in [0.717, 1.165) is 75.0 Å². The quantitative estimate of drug-likeness (QED) is 0.399. The lowest BCUT2D eigenvalue weighted by atomic mass is 9.91. The number of anilines is 1. The van der Waals surface area contributed by atoms with E-state index in [9.17, 15) is 9.59 Å². The maximum Gasteiger partial charge on any atom is 0.223 e. The second kappa shape index (κ2) is 12.6. The van der Waals surface area contributed by atoms with E-state index in [-0.39, 0.29) is 17.9 Å². The van der Waals surface area contributed by atoms with Crippen LogP contribution in [0.2, 0.25) is 5.02 Å². The Hall–Kier alpha value is -3.45. The first-order valence-corrected chi connectivity index (χ1v) is 14.3. The summed E-state index contributed by atoms with van der Waals surface area (Å²) in [7, 11) is 0. The number of carbonyl (C=O) groups is 2. The first-order chi connectivity index (χ1) is 19.0. The summed E-state index contributed by atoms with van der Waals surface area (Å²) in [4.78, 5) is 37.5. The van der Waals surface area contributed by atoms with Crippen LogP contribution in [0.5, 0.6) is 0 Å². The minimum atomic E-state index is 0.151. The zero-order valence-corrected chi connectivity index (χ0v) is 23.2. The third-order valence-electron chi connectivity index (χ3n) is 7.99. The van der Waals surface area contributed by atoms with Gasteiger partial charge in [0.25, 0.3) is 0 Å². The average molecular weight is 546 g/mol. The fraction of sp³-hybridized carbons (Fsp3) is 0.419. The molecule has 2 fully saturated rings. The molecule has 3 aromatic rings. The Labute approximate surface area is 235 Å². The van der Waals surface area contributed by atoms with Gasteiger partial charge < -0.3 is 15.1 Å². The molecule has 0 aliphatic carbocycles. The predicted octanol–water partition coefficient (Wildman–Crippen LogP) is 5.91. The zero-order chi connectivity index (χ0) is 27.2. The summed E-state index contributed by atoms with van der Waals surface area (Å²) in [5.74, 6) is 1.49. The molecule has 0 spiro atoms. The minimum Gasteiger partial charge on any atom is -0.351 e. The molecule has 1 N–H and O–H groups in total. The number of likely N-dealkylation sites (tertiary alicyclic amines) is 2. The lowest BCUT2D eigenvalue weighted by molar-refractivity contribution is -0.133. The van der Waals surface area contributed by atoms with Crippen molar-refractivity contribution in [2.75, 3.05) is 31.5 Å². The third kappa shape index (κ3) is 6.95. The largest absolute Gasteiger partial charge is 0.351 e. The van der Waals surface area contributed by atoms with Crippen molar-refractivity contribution in [1.82, 2.24) is 19.8 Å². The molecule has 204 valence electrons. The number of halogens is 1. The molecule has 0 radical (unpaired) electrons. The summed E-state index contributed by atoms with van der Waals surface area (Å²) in [5.41, 5.74) is 3.89. The molecule has 8 heteroatoms. The number of aromatic nitrogens is 2. The number of hydrogen-bond donors (Lipinski definition) is 1. The Bertz CT molecular complexity index is 1290. The minimum absolute atomic E-state index is 0.151. The summed E-state index contributed by atoms with van der Waals surface area (Å²) >= 11 is 6.52. The number of benzene rings is 2. The summed E-state index contributed by atoms with van der Waals surface area (Å²) in [6, 6.07) is 18.7. The molecule has 2 aliphatic heterocycles. The van der Waals surface area contributed by atoms with Gasteiger partial charge in [0.2, 0.25) is 17.8 Å². The van der Waals surface area contributed by atoms with Crippen LogP contribution in [-0.4, -0.2) is 63.8 Å². The molecule has 0 atom stereocenters. The SMILES string of the molecule is CC(=O)N1CCC(CCC(=O)N2CCC(Nc3ncc(Cl)c(-c4cccc(-c5ccccc5)c4)n3)CC2)CC1. The van der Waals surface area contributed by atoms with Crippen molar-refractivity contribution in [2.45, 2.75) is 51.5 Å². The topological polar surface area (TPSA) is 78.4 Å². The van der Waals surface area contributed by atoms with E-state index >= 15 is 0 Å². The van der Waals surface area contributed by atoms with Crippen LogP contribution < -0.4 is 5.32 Å². The van der Waals surface area contributed by atoms with Crippen LogP contribution in [0.15, 0.2) is 60.8 Å². The number of carbonyl (C=O) groups excluding carboxylic acids is 2. The number of amides is 2. The van der Waals surface area contributed by atoms with Crippen molar-refractivity contribution in [3.63, 3.8) is 0 Å². The molecule has 3 heterocycles. The number of piperidine rings is 2. The second-order valence-corrected chi connectivity index (χ2v) is 11.0. The van der Waals surface area contributed by atoms with E-state index < -0.39 is 0 Å². The molecule has 39 heavy (non-hydrogen) atoms. The molecule has 7 nitrogen and oxygen atoms in total. The van der Waals surface area contributed by atoms with Crippen molar-refractivity contribution in [1.29, 1.82) is 0 Å². The van der Waals surface area contributed by atoms with Gasteiger partial charge in [0, 0.05) is 51.1 Å². The predicted molar refractivity (Wildman–Crippen MR) is 155 cm³/mol. The van der Waals surface area contributed by atoms with Gasteiger partial charge in [-0.2, -0.15) is 0 Å². The normalized spacial score (nSPS) is 16.8. The van der Waals surface area contributed by atoms with E-state index in [1.165, 1.54) is 0 Å². The molecule has 2 saturated heterocycles. The standard InChI is InChI=1S/C31H36ClN5O2/c1-22(38)36-16-12-23(13-17-36)10-11-29(39)37-18-14-27(15-19-37)34-31-33-21-28(32)30(35-31)26-9-5-8-25(20-26)24-6-3-2-4-7-24/h2-9,20-21,23,27H,10-19H2,1H3,(H,33,34,35).